The van der Waals surface area contributed by atoms with Gasteiger partial charge in [0.25, 0.3) is 0 Å². The maximum absolute atomic E-state index is 11.8. The molecule has 0 unspecified atom stereocenters. The lowest BCUT2D eigenvalue weighted by Gasteiger charge is -2.22. The number of hydrogen-bond donors (Lipinski definition) is 2. The first-order valence-electron chi connectivity index (χ1n) is 7.01. The summed E-state index contributed by atoms with van der Waals surface area (Å²) in [4.78, 5) is 22.9. The van der Waals surface area contributed by atoms with Crippen LogP contribution in [0.15, 0.2) is 0 Å². The van der Waals surface area contributed by atoms with Crippen molar-refractivity contribution in [1.82, 2.24) is 5.32 Å². The molecule has 1 rings (SSSR count). The molecule has 0 saturated heterocycles. The topological polar surface area (TPSA) is 66.4 Å². The predicted octanol–water partition coefficient (Wildman–Crippen LogP) is 2.57. The summed E-state index contributed by atoms with van der Waals surface area (Å²) in [6, 6.07) is -0.735. The van der Waals surface area contributed by atoms with Gasteiger partial charge in [-0.3, -0.25) is 4.79 Å². The van der Waals surface area contributed by atoms with Crippen LogP contribution in [0.2, 0.25) is 0 Å². The molecule has 1 atom stereocenters. The maximum atomic E-state index is 11.8. The molecule has 0 heterocycles. The number of hydrogen-bond acceptors (Lipinski definition) is 2. The zero-order valence-electron chi connectivity index (χ0n) is 11.4. The Morgan fingerprint density at radius 1 is 1.22 bits per heavy atom. The Bertz CT molecular complexity index is 283. The lowest BCUT2D eigenvalue weighted by atomic mass is 9.87. The molecule has 2 N–H and O–H groups in total. The Labute approximate surface area is 109 Å². The first-order valence-corrected chi connectivity index (χ1v) is 7.01. The molecule has 18 heavy (non-hydrogen) atoms. The Morgan fingerprint density at radius 3 is 2.33 bits per heavy atom. The van der Waals surface area contributed by atoms with E-state index in [4.69, 9.17) is 5.11 Å². The van der Waals surface area contributed by atoms with E-state index >= 15 is 0 Å². The minimum atomic E-state index is -0.930. The summed E-state index contributed by atoms with van der Waals surface area (Å²) in [5.74, 6) is -0.316. The predicted molar refractivity (Wildman–Crippen MR) is 70.2 cm³/mol. The van der Waals surface area contributed by atoms with E-state index in [9.17, 15) is 9.59 Å². The van der Waals surface area contributed by atoms with Gasteiger partial charge < -0.3 is 10.4 Å². The van der Waals surface area contributed by atoms with Crippen molar-refractivity contribution in [3.8, 4) is 0 Å². The summed E-state index contributed by atoms with van der Waals surface area (Å²) >= 11 is 0. The molecule has 0 spiro atoms. The van der Waals surface area contributed by atoms with Crippen LogP contribution in [0.5, 0.6) is 0 Å². The SMILES string of the molecule is CC(C)C[C@H](NC(=O)CC1CCCCC1)C(=O)O. The highest BCUT2D eigenvalue weighted by molar-refractivity contribution is 5.83. The van der Waals surface area contributed by atoms with Crippen LogP contribution in [0.4, 0.5) is 0 Å². The molecule has 104 valence electrons. The van der Waals surface area contributed by atoms with E-state index in [2.05, 4.69) is 5.32 Å². The van der Waals surface area contributed by atoms with E-state index < -0.39 is 12.0 Å². The summed E-state index contributed by atoms with van der Waals surface area (Å²) in [5.41, 5.74) is 0. The molecule has 1 aliphatic rings. The van der Waals surface area contributed by atoms with Crippen molar-refractivity contribution in [2.45, 2.75) is 64.8 Å². The van der Waals surface area contributed by atoms with Gasteiger partial charge in [0.2, 0.25) is 5.91 Å². The Hall–Kier alpha value is -1.06. The number of aliphatic carboxylic acids is 1. The highest BCUT2D eigenvalue weighted by Gasteiger charge is 2.23. The zero-order valence-corrected chi connectivity index (χ0v) is 11.4. The number of amides is 1. The standard InChI is InChI=1S/C14H25NO3/c1-10(2)8-12(14(17)18)15-13(16)9-11-6-4-3-5-7-11/h10-12H,3-9H2,1-2H3,(H,15,16)(H,17,18)/t12-/m0/s1. The van der Waals surface area contributed by atoms with Gasteiger partial charge in [-0.1, -0.05) is 33.1 Å². The lowest BCUT2D eigenvalue weighted by Crippen LogP contribution is -2.42. The fourth-order valence-corrected chi connectivity index (χ4v) is 2.60. The molecule has 4 nitrogen and oxygen atoms in total. The number of carboxylic acid groups (broad SMARTS) is 1. The minimum Gasteiger partial charge on any atom is -0.480 e. The molecule has 1 saturated carbocycles. The second-order valence-electron chi connectivity index (χ2n) is 5.80. The molecule has 0 radical (unpaired) electrons. The number of carbonyl (C=O) groups excluding carboxylic acids is 1. The first kappa shape index (κ1) is 15.0. The number of rotatable bonds is 6. The summed E-state index contributed by atoms with van der Waals surface area (Å²) in [6.45, 7) is 3.92. The van der Waals surface area contributed by atoms with Crippen molar-refractivity contribution >= 4 is 11.9 Å². The molecule has 1 aliphatic carbocycles. The minimum absolute atomic E-state index is 0.102. The average Bonchev–Trinajstić information content (AvgIpc) is 2.28. The largest absolute Gasteiger partial charge is 0.480 e. The molecule has 0 bridgehead atoms. The normalized spacial score (nSPS) is 18.6. The van der Waals surface area contributed by atoms with Gasteiger partial charge in [-0.25, -0.2) is 4.79 Å². The van der Waals surface area contributed by atoms with Crippen LogP contribution in [-0.4, -0.2) is 23.0 Å². The van der Waals surface area contributed by atoms with Crippen LogP contribution in [-0.2, 0) is 9.59 Å². The van der Waals surface area contributed by atoms with Crippen LogP contribution in [0.3, 0.4) is 0 Å². The second-order valence-corrected chi connectivity index (χ2v) is 5.80. The molecule has 0 aromatic carbocycles. The second kappa shape index (κ2) is 7.39. The third-order valence-corrected chi connectivity index (χ3v) is 3.54. The van der Waals surface area contributed by atoms with Gasteiger partial charge in [0, 0.05) is 6.42 Å². The molecule has 4 heteroatoms. The third-order valence-electron chi connectivity index (χ3n) is 3.54. The van der Waals surface area contributed by atoms with Gasteiger partial charge >= 0.3 is 5.97 Å². The Balaban J connectivity index is 2.37. The van der Waals surface area contributed by atoms with Gasteiger partial charge in [0.05, 0.1) is 0 Å². The van der Waals surface area contributed by atoms with E-state index in [1.807, 2.05) is 13.8 Å². The molecule has 0 aromatic rings. The highest BCUT2D eigenvalue weighted by Crippen LogP contribution is 2.26. The van der Waals surface area contributed by atoms with Crippen molar-refractivity contribution in [2.24, 2.45) is 11.8 Å². The smallest absolute Gasteiger partial charge is 0.326 e. The number of nitrogens with one attached hydrogen (secondary N) is 1. The van der Waals surface area contributed by atoms with E-state index in [0.29, 0.717) is 18.8 Å². The molecule has 0 aliphatic heterocycles. The molecule has 1 amide bonds. The van der Waals surface area contributed by atoms with Gasteiger partial charge in [-0.2, -0.15) is 0 Å². The summed E-state index contributed by atoms with van der Waals surface area (Å²) in [6.07, 6.45) is 6.86. The number of carbonyl (C=O) groups is 2. The fourth-order valence-electron chi connectivity index (χ4n) is 2.60. The van der Waals surface area contributed by atoms with E-state index in [1.54, 1.807) is 0 Å². The van der Waals surface area contributed by atoms with Gasteiger partial charge in [0.15, 0.2) is 0 Å². The summed E-state index contributed by atoms with van der Waals surface area (Å²) in [5, 5.41) is 11.7. The Kier molecular flexibility index (Phi) is 6.16. The molecule has 1 fully saturated rings. The Morgan fingerprint density at radius 2 is 1.83 bits per heavy atom. The van der Waals surface area contributed by atoms with Crippen molar-refractivity contribution in [1.29, 1.82) is 0 Å². The van der Waals surface area contributed by atoms with Crippen LogP contribution in [0, 0.1) is 11.8 Å². The van der Waals surface area contributed by atoms with Gasteiger partial charge in [-0.15, -0.1) is 0 Å². The fraction of sp³-hybridized carbons (Fsp3) is 0.857. The van der Waals surface area contributed by atoms with Crippen LogP contribution >= 0.6 is 0 Å². The summed E-state index contributed by atoms with van der Waals surface area (Å²) in [7, 11) is 0. The number of carboxylic acids is 1. The van der Waals surface area contributed by atoms with Crippen LogP contribution in [0.1, 0.15) is 58.8 Å². The highest BCUT2D eigenvalue weighted by atomic mass is 16.4. The van der Waals surface area contributed by atoms with Crippen molar-refractivity contribution in [2.75, 3.05) is 0 Å². The lowest BCUT2D eigenvalue weighted by molar-refractivity contribution is -0.142. The maximum Gasteiger partial charge on any atom is 0.326 e. The zero-order chi connectivity index (χ0) is 13.5. The average molecular weight is 255 g/mol. The van der Waals surface area contributed by atoms with Gasteiger partial charge in [-0.05, 0) is 31.1 Å². The van der Waals surface area contributed by atoms with Crippen molar-refractivity contribution in [3.63, 3.8) is 0 Å². The molecular weight excluding hydrogens is 230 g/mol. The van der Waals surface area contributed by atoms with Crippen molar-refractivity contribution in [3.05, 3.63) is 0 Å². The van der Waals surface area contributed by atoms with Crippen LogP contribution in [0.25, 0.3) is 0 Å². The monoisotopic (exact) mass is 255 g/mol. The molecule has 0 aromatic heterocycles. The third kappa shape index (κ3) is 5.52. The van der Waals surface area contributed by atoms with E-state index in [-0.39, 0.29) is 11.8 Å². The van der Waals surface area contributed by atoms with E-state index in [0.717, 1.165) is 12.8 Å². The van der Waals surface area contributed by atoms with E-state index in [1.165, 1.54) is 19.3 Å². The first-order chi connectivity index (χ1) is 8.49. The van der Waals surface area contributed by atoms with Crippen molar-refractivity contribution < 1.29 is 14.7 Å². The molecular formula is C14H25NO3. The van der Waals surface area contributed by atoms with Crippen LogP contribution < -0.4 is 5.32 Å². The summed E-state index contributed by atoms with van der Waals surface area (Å²) < 4.78 is 0. The van der Waals surface area contributed by atoms with Gasteiger partial charge in [0.1, 0.15) is 6.04 Å². The quantitative estimate of drug-likeness (QED) is 0.766.